The Kier molecular flexibility index (Phi) is 23.0. The maximum absolute atomic E-state index is 10.6. The molecule has 0 saturated heterocycles. The van der Waals surface area contributed by atoms with E-state index in [2.05, 4.69) is 25.2 Å². The molecule has 0 radical (unpaired) electrons. The van der Waals surface area contributed by atoms with Crippen LogP contribution in [-0.4, -0.2) is 13.1 Å². The molecule has 0 aliphatic carbocycles. The van der Waals surface area contributed by atoms with Gasteiger partial charge in [-0.05, 0) is 19.3 Å². The van der Waals surface area contributed by atoms with E-state index < -0.39 is 0 Å². The first-order chi connectivity index (χ1) is 10.2. The minimum atomic E-state index is -0.0819. The minimum absolute atomic E-state index is 0.0819. The van der Waals surface area contributed by atoms with Crippen LogP contribution in [0.3, 0.4) is 0 Å². The predicted molar refractivity (Wildman–Crippen MR) is 93.6 cm³/mol. The molecule has 126 valence electrons. The lowest BCUT2D eigenvalue weighted by Gasteiger charge is -1.98. The van der Waals surface area contributed by atoms with Crippen molar-refractivity contribution in [1.29, 1.82) is 0 Å². The van der Waals surface area contributed by atoms with E-state index in [-0.39, 0.29) is 5.97 Å². The van der Waals surface area contributed by atoms with Gasteiger partial charge in [0.1, 0.15) is 0 Å². The number of carbonyl (C=O) groups excluding carboxylic acids is 1. The van der Waals surface area contributed by atoms with Crippen molar-refractivity contribution < 1.29 is 9.53 Å². The average molecular weight is 299 g/mol. The molecule has 0 N–H and O–H groups in total. The first-order valence-corrected chi connectivity index (χ1v) is 8.90. The third-order valence-corrected chi connectivity index (χ3v) is 3.47. The van der Waals surface area contributed by atoms with E-state index in [4.69, 9.17) is 0 Å². The van der Waals surface area contributed by atoms with Gasteiger partial charge >= 0.3 is 5.97 Å². The smallest absolute Gasteiger partial charge is 0.305 e. The van der Waals surface area contributed by atoms with Crippen molar-refractivity contribution in [2.24, 2.45) is 0 Å². The van der Waals surface area contributed by atoms with Crippen LogP contribution < -0.4 is 0 Å². The van der Waals surface area contributed by atoms with E-state index in [1.165, 1.54) is 71.3 Å². The van der Waals surface area contributed by atoms with Crippen LogP contribution in [0.2, 0.25) is 0 Å². The number of hydrogen-bond donors (Lipinski definition) is 0. The zero-order valence-corrected chi connectivity index (χ0v) is 14.8. The molecule has 0 saturated carbocycles. The number of unbranched alkanes of at least 4 members (excludes halogenated alkanes) is 10. The van der Waals surface area contributed by atoms with Gasteiger partial charge in [-0.25, -0.2) is 0 Å². The molecule has 0 aromatic rings. The third-order valence-electron chi connectivity index (χ3n) is 3.47. The lowest BCUT2D eigenvalue weighted by Crippen LogP contribution is -1.98. The molecule has 0 bridgehead atoms. The molecule has 21 heavy (non-hydrogen) atoms. The van der Waals surface area contributed by atoms with Gasteiger partial charge in [-0.3, -0.25) is 4.79 Å². The highest BCUT2D eigenvalue weighted by molar-refractivity contribution is 5.68. The lowest BCUT2D eigenvalue weighted by atomic mass is 10.1. The van der Waals surface area contributed by atoms with Gasteiger partial charge in [0.25, 0.3) is 0 Å². The van der Waals surface area contributed by atoms with E-state index in [9.17, 15) is 4.79 Å². The Morgan fingerprint density at radius 2 is 1.33 bits per heavy atom. The molecule has 0 aromatic heterocycles. The van der Waals surface area contributed by atoms with E-state index >= 15 is 0 Å². The van der Waals surface area contributed by atoms with E-state index in [0.29, 0.717) is 6.42 Å². The molecule has 0 heterocycles. The Hall–Kier alpha value is -0.790. The zero-order valence-electron chi connectivity index (χ0n) is 14.8. The number of ether oxygens (including phenoxy) is 1. The summed E-state index contributed by atoms with van der Waals surface area (Å²) < 4.78 is 4.52. The van der Waals surface area contributed by atoms with Crippen molar-refractivity contribution in [3.63, 3.8) is 0 Å². The van der Waals surface area contributed by atoms with Crippen molar-refractivity contribution in [1.82, 2.24) is 0 Å². The third kappa shape index (κ3) is 24.6. The predicted octanol–water partition coefficient (Wildman–Crippen LogP) is 6.44. The van der Waals surface area contributed by atoms with Crippen LogP contribution >= 0.6 is 0 Å². The van der Waals surface area contributed by atoms with Gasteiger partial charge < -0.3 is 4.74 Å². The molecule has 2 heteroatoms. The van der Waals surface area contributed by atoms with Gasteiger partial charge in [0.05, 0.1) is 7.11 Å². The number of allylic oxidation sites excluding steroid dienone is 1. The van der Waals surface area contributed by atoms with Crippen molar-refractivity contribution >= 4 is 5.97 Å². The molecule has 0 amide bonds. The molecule has 0 fully saturated rings. The number of hydrogen-bond acceptors (Lipinski definition) is 2. The quantitative estimate of drug-likeness (QED) is 0.222. The number of carbonyl (C=O) groups is 1. The lowest BCUT2D eigenvalue weighted by molar-refractivity contribution is -0.140. The molecule has 0 rings (SSSR count). The molecule has 0 unspecified atom stereocenters. The summed E-state index contributed by atoms with van der Waals surface area (Å²) in [4.78, 5) is 10.6. The molecular formula is C19H38O2. The fourth-order valence-corrected chi connectivity index (χ4v) is 2.04. The van der Waals surface area contributed by atoms with Crippen LogP contribution in [0.4, 0.5) is 0 Å². The summed E-state index contributed by atoms with van der Waals surface area (Å²) in [7, 11) is 1.44. The summed E-state index contributed by atoms with van der Waals surface area (Å²) >= 11 is 0. The van der Waals surface area contributed by atoms with Gasteiger partial charge in [-0.2, -0.15) is 0 Å². The second kappa shape index (κ2) is 21.5. The zero-order chi connectivity index (χ0) is 16.2. The summed E-state index contributed by atoms with van der Waals surface area (Å²) in [5, 5.41) is 0. The summed E-state index contributed by atoms with van der Waals surface area (Å²) in [5.41, 5.74) is 0. The van der Waals surface area contributed by atoms with Gasteiger partial charge in [-0.1, -0.05) is 77.7 Å². The number of methoxy groups -OCH3 is 1. The van der Waals surface area contributed by atoms with Gasteiger partial charge in [0, 0.05) is 6.42 Å². The fraction of sp³-hybridized carbons (Fsp3) is 0.842. The van der Waals surface area contributed by atoms with E-state index in [1.807, 2.05) is 6.08 Å². The first kappa shape index (κ1) is 22.5. The van der Waals surface area contributed by atoms with Crippen LogP contribution in [-0.2, 0) is 9.53 Å². The van der Waals surface area contributed by atoms with Crippen LogP contribution in [0.25, 0.3) is 0 Å². The summed E-state index contributed by atoms with van der Waals surface area (Å²) in [5.74, 6) is -0.0819. The molecule has 0 atom stereocenters. The SMILES string of the molecule is C=CCCCCCCCC.CCCCCCCC(=O)OC. The van der Waals surface area contributed by atoms with Crippen molar-refractivity contribution in [3.8, 4) is 0 Å². The maximum atomic E-state index is 10.6. The monoisotopic (exact) mass is 298 g/mol. The van der Waals surface area contributed by atoms with Crippen LogP contribution in [0.15, 0.2) is 12.7 Å². The van der Waals surface area contributed by atoms with E-state index in [0.717, 1.165) is 12.8 Å². The highest BCUT2D eigenvalue weighted by Gasteiger charge is 1.97. The Morgan fingerprint density at radius 1 is 0.857 bits per heavy atom. The standard InChI is InChI=1S/C10H20.C9H18O2/c1-3-5-7-9-10-8-6-4-2;1-3-4-5-6-7-8-9(10)11-2/h3H,1,4-10H2,2H3;3-8H2,1-2H3. The summed E-state index contributed by atoms with van der Waals surface area (Å²) in [6.45, 7) is 8.13. The Balaban J connectivity index is 0. The maximum Gasteiger partial charge on any atom is 0.305 e. The largest absolute Gasteiger partial charge is 0.469 e. The summed E-state index contributed by atoms with van der Waals surface area (Å²) in [6, 6.07) is 0. The fourth-order valence-electron chi connectivity index (χ4n) is 2.04. The minimum Gasteiger partial charge on any atom is -0.469 e. The van der Waals surface area contributed by atoms with Gasteiger partial charge in [-0.15, -0.1) is 6.58 Å². The molecule has 2 nitrogen and oxygen atoms in total. The van der Waals surface area contributed by atoms with Crippen LogP contribution in [0, 0.1) is 0 Å². The van der Waals surface area contributed by atoms with Crippen molar-refractivity contribution in [3.05, 3.63) is 12.7 Å². The highest BCUT2D eigenvalue weighted by Crippen LogP contribution is 2.06. The second-order valence-electron chi connectivity index (χ2n) is 5.59. The average Bonchev–Trinajstić information content (AvgIpc) is 2.51. The molecule has 0 spiro atoms. The summed E-state index contributed by atoms with van der Waals surface area (Å²) in [6.07, 6.45) is 18.0. The Morgan fingerprint density at radius 3 is 1.81 bits per heavy atom. The topological polar surface area (TPSA) is 26.3 Å². The normalized spacial score (nSPS) is 9.67. The van der Waals surface area contributed by atoms with Crippen LogP contribution in [0.5, 0.6) is 0 Å². The highest BCUT2D eigenvalue weighted by atomic mass is 16.5. The van der Waals surface area contributed by atoms with Gasteiger partial charge in [0.15, 0.2) is 0 Å². The first-order valence-electron chi connectivity index (χ1n) is 8.90. The molecular weight excluding hydrogens is 260 g/mol. The Labute approximate surface area is 133 Å². The number of esters is 1. The Bertz CT molecular complexity index is 212. The van der Waals surface area contributed by atoms with Crippen LogP contribution in [0.1, 0.15) is 97.3 Å². The van der Waals surface area contributed by atoms with Crippen molar-refractivity contribution in [2.45, 2.75) is 97.3 Å². The van der Waals surface area contributed by atoms with E-state index in [1.54, 1.807) is 0 Å². The van der Waals surface area contributed by atoms with Gasteiger partial charge in [0.2, 0.25) is 0 Å². The molecule has 0 aliphatic rings. The second-order valence-corrected chi connectivity index (χ2v) is 5.59. The number of rotatable bonds is 13. The molecule has 0 aliphatic heterocycles. The van der Waals surface area contributed by atoms with Crippen molar-refractivity contribution in [2.75, 3.05) is 7.11 Å². The molecule has 0 aromatic carbocycles.